The molecule has 14 heavy (non-hydrogen) atoms. The zero-order valence-corrected chi connectivity index (χ0v) is 8.16. The van der Waals surface area contributed by atoms with E-state index in [0.29, 0.717) is 5.57 Å². The number of hydrogen-bond donors (Lipinski definition) is 2. The average Bonchev–Trinajstić information content (AvgIpc) is 2.42. The number of aliphatic hydroxyl groups is 1. The SMILES string of the molecule is C=C1[C@H](C)C(=O)N[C@]1(CO)C(=O)OC. The summed E-state index contributed by atoms with van der Waals surface area (Å²) in [7, 11) is 1.20. The quantitative estimate of drug-likeness (QED) is 0.451. The first kappa shape index (κ1) is 10.7. The molecule has 78 valence electrons. The molecule has 1 fully saturated rings. The molecular formula is C9H13NO4. The standard InChI is InChI=1S/C9H13NO4/c1-5-6(2)9(4-11,8(13)14-3)10-7(5)12/h5,11H,2,4H2,1,3H3,(H,10,12)/t5-,9-/m0/s1. The van der Waals surface area contributed by atoms with Gasteiger partial charge in [-0.3, -0.25) is 4.79 Å². The van der Waals surface area contributed by atoms with Crippen LogP contribution < -0.4 is 5.32 Å². The Balaban J connectivity index is 3.09. The van der Waals surface area contributed by atoms with Crippen LogP contribution in [0.2, 0.25) is 0 Å². The zero-order valence-electron chi connectivity index (χ0n) is 8.16. The number of amides is 1. The average molecular weight is 199 g/mol. The molecule has 0 radical (unpaired) electrons. The number of esters is 1. The molecule has 2 atom stereocenters. The van der Waals surface area contributed by atoms with Crippen LogP contribution in [0.1, 0.15) is 6.92 Å². The number of carbonyl (C=O) groups excluding carboxylic acids is 2. The Bertz CT molecular complexity index is 299. The highest BCUT2D eigenvalue weighted by Gasteiger charge is 2.52. The Labute approximate surface area is 81.7 Å². The molecule has 1 heterocycles. The number of methoxy groups -OCH3 is 1. The van der Waals surface area contributed by atoms with Gasteiger partial charge in [-0.15, -0.1) is 0 Å². The van der Waals surface area contributed by atoms with Gasteiger partial charge in [0.2, 0.25) is 5.91 Å². The van der Waals surface area contributed by atoms with E-state index >= 15 is 0 Å². The van der Waals surface area contributed by atoms with Crippen molar-refractivity contribution in [3.8, 4) is 0 Å². The lowest BCUT2D eigenvalue weighted by molar-refractivity contribution is -0.149. The summed E-state index contributed by atoms with van der Waals surface area (Å²) in [5, 5.41) is 11.6. The van der Waals surface area contributed by atoms with Gasteiger partial charge in [-0.25, -0.2) is 4.79 Å². The second-order valence-electron chi connectivity index (χ2n) is 3.29. The smallest absolute Gasteiger partial charge is 0.338 e. The minimum Gasteiger partial charge on any atom is -0.467 e. The molecule has 2 N–H and O–H groups in total. The Kier molecular flexibility index (Phi) is 2.62. The monoisotopic (exact) mass is 199 g/mol. The van der Waals surface area contributed by atoms with E-state index in [-0.39, 0.29) is 5.91 Å². The first-order valence-corrected chi connectivity index (χ1v) is 4.20. The molecule has 0 aromatic rings. The van der Waals surface area contributed by atoms with E-state index in [1.54, 1.807) is 6.92 Å². The van der Waals surface area contributed by atoms with Gasteiger partial charge in [0.15, 0.2) is 5.54 Å². The molecule has 1 amide bonds. The van der Waals surface area contributed by atoms with Gasteiger partial charge in [0.1, 0.15) is 0 Å². The van der Waals surface area contributed by atoms with E-state index < -0.39 is 24.0 Å². The molecule has 1 aliphatic rings. The molecule has 0 unspecified atom stereocenters. The van der Waals surface area contributed by atoms with Crippen LogP contribution in [0.5, 0.6) is 0 Å². The molecule has 5 heteroatoms. The zero-order chi connectivity index (χ0) is 10.9. The third kappa shape index (κ3) is 1.21. The lowest BCUT2D eigenvalue weighted by atomic mass is 9.89. The molecule has 0 aromatic carbocycles. The molecule has 0 bridgehead atoms. The third-order valence-electron chi connectivity index (χ3n) is 2.57. The van der Waals surface area contributed by atoms with Crippen LogP contribution in [0.25, 0.3) is 0 Å². The highest BCUT2D eigenvalue weighted by molar-refractivity contribution is 5.98. The lowest BCUT2D eigenvalue weighted by Crippen LogP contribution is -2.53. The number of ether oxygens (including phenoxy) is 1. The first-order chi connectivity index (χ1) is 6.49. The maximum absolute atomic E-state index is 11.4. The second-order valence-corrected chi connectivity index (χ2v) is 3.29. The number of rotatable bonds is 2. The minimum atomic E-state index is -1.45. The van der Waals surface area contributed by atoms with E-state index in [0.717, 1.165) is 0 Å². The van der Waals surface area contributed by atoms with E-state index in [9.17, 15) is 9.59 Å². The van der Waals surface area contributed by atoms with Crippen molar-refractivity contribution in [1.82, 2.24) is 5.32 Å². The van der Waals surface area contributed by atoms with Crippen molar-refractivity contribution in [2.75, 3.05) is 13.7 Å². The fourth-order valence-electron chi connectivity index (χ4n) is 1.49. The summed E-state index contributed by atoms with van der Waals surface area (Å²) < 4.78 is 4.52. The Morgan fingerprint density at radius 2 is 2.36 bits per heavy atom. The Hall–Kier alpha value is -1.36. The highest BCUT2D eigenvalue weighted by Crippen LogP contribution is 2.30. The molecule has 1 aliphatic heterocycles. The van der Waals surface area contributed by atoms with Crippen LogP contribution in [0.15, 0.2) is 12.2 Å². The summed E-state index contributed by atoms with van der Waals surface area (Å²) in [5.41, 5.74) is -1.11. The molecule has 0 spiro atoms. The fourth-order valence-corrected chi connectivity index (χ4v) is 1.49. The van der Waals surface area contributed by atoms with Gasteiger partial charge >= 0.3 is 5.97 Å². The van der Waals surface area contributed by atoms with E-state index in [2.05, 4.69) is 16.6 Å². The lowest BCUT2D eigenvalue weighted by Gasteiger charge is -2.24. The van der Waals surface area contributed by atoms with E-state index in [1.165, 1.54) is 7.11 Å². The maximum atomic E-state index is 11.4. The molecule has 0 aromatic heterocycles. The van der Waals surface area contributed by atoms with Crippen LogP contribution in [0.3, 0.4) is 0 Å². The summed E-state index contributed by atoms with van der Waals surface area (Å²) in [6, 6.07) is 0. The minimum absolute atomic E-state index is 0.325. The predicted octanol–water partition coefficient (Wildman–Crippen LogP) is -0.787. The van der Waals surface area contributed by atoms with Crippen LogP contribution >= 0.6 is 0 Å². The largest absolute Gasteiger partial charge is 0.467 e. The topological polar surface area (TPSA) is 75.6 Å². The summed E-state index contributed by atoms with van der Waals surface area (Å²) in [6.45, 7) is 4.72. The van der Waals surface area contributed by atoms with Crippen molar-refractivity contribution in [2.24, 2.45) is 5.92 Å². The Morgan fingerprint density at radius 3 is 2.64 bits per heavy atom. The normalized spacial score (nSPS) is 31.5. The van der Waals surface area contributed by atoms with Gasteiger partial charge in [-0.2, -0.15) is 0 Å². The summed E-state index contributed by atoms with van der Waals surface area (Å²) >= 11 is 0. The van der Waals surface area contributed by atoms with Gasteiger partial charge < -0.3 is 15.2 Å². The van der Waals surface area contributed by atoms with Crippen LogP contribution in [0, 0.1) is 5.92 Å². The summed E-state index contributed by atoms with van der Waals surface area (Å²) in [5.74, 6) is -1.50. The number of carbonyl (C=O) groups is 2. The van der Waals surface area contributed by atoms with Gasteiger partial charge in [-0.05, 0) is 12.5 Å². The van der Waals surface area contributed by atoms with Crippen molar-refractivity contribution in [1.29, 1.82) is 0 Å². The first-order valence-electron chi connectivity index (χ1n) is 4.20. The van der Waals surface area contributed by atoms with Gasteiger partial charge in [0, 0.05) is 0 Å². The molecule has 0 saturated carbocycles. The van der Waals surface area contributed by atoms with Gasteiger partial charge in [0.25, 0.3) is 0 Å². The van der Waals surface area contributed by atoms with Crippen LogP contribution in [0.4, 0.5) is 0 Å². The van der Waals surface area contributed by atoms with Crippen LogP contribution in [-0.2, 0) is 14.3 Å². The van der Waals surface area contributed by atoms with Gasteiger partial charge in [-0.1, -0.05) is 6.58 Å². The van der Waals surface area contributed by atoms with Crippen molar-refractivity contribution >= 4 is 11.9 Å². The third-order valence-corrected chi connectivity index (χ3v) is 2.57. The summed E-state index contributed by atoms with van der Waals surface area (Å²) in [6.07, 6.45) is 0. The van der Waals surface area contributed by atoms with Crippen LogP contribution in [-0.4, -0.2) is 36.2 Å². The predicted molar refractivity (Wildman–Crippen MR) is 48.3 cm³/mol. The molecule has 0 aliphatic carbocycles. The Morgan fingerprint density at radius 1 is 1.79 bits per heavy atom. The second kappa shape index (κ2) is 3.42. The molecule has 5 nitrogen and oxygen atoms in total. The highest BCUT2D eigenvalue weighted by atomic mass is 16.5. The van der Waals surface area contributed by atoms with Crippen molar-refractivity contribution in [3.05, 3.63) is 12.2 Å². The van der Waals surface area contributed by atoms with Crippen molar-refractivity contribution in [2.45, 2.75) is 12.5 Å². The molecule has 1 saturated heterocycles. The van der Waals surface area contributed by atoms with E-state index in [4.69, 9.17) is 5.11 Å². The summed E-state index contributed by atoms with van der Waals surface area (Å²) in [4.78, 5) is 22.7. The number of hydrogen-bond acceptors (Lipinski definition) is 4. The van der Waals surface area contributed by atoms with Gasteiger partial charge in [0.05, 0.1) is 19.6 Å². The number of nitrogens with one attached hydrogen (secondary N) is 1. The number of aliphatic hydroxyl groups excluding tert-OH is 1. The fraction of sp³-hybridized carbons (Fsp3) is 0.556. The molecular weight excluding hydrogens is 186 g/mol. The van der Waals surface area contributed by atoms with E-state index in [1.807, 2.05) is 0 Å². The molecule has 1 rings (SSSR count). The van der Waals surface area contributed by atoms with Crippen molar-refractivity contribution in [3.63, 3.8) is 0 Å². The van der Waals surface area contributed by atoms with Crippen molar-refractivity contribution < 1.29 is 19.4 Å². The maximum Gasteiger partial charge on any atom is 0.338 e.